The van der Waals surface area contributed by atoms with Gasteiger partial charge in [0.2, 0.25) is 0 Å². The van der Waals surface area contributed by atoms with Gasteiger partial charge < -0.3 is 8.98 Å². The monoisotopic (exact) mass is 378 g/mol. The van der Waals surface area contributed by atoms with E-state index in [0.29, 0.717) is 10.0 Å². The third-order valence-electron chi connectivity index (χ3n) is 3.79. The molecular weight excluding hydrogens is 367 g/mol. The molecule has 0 radical (unpaired) electrons. The summed E-state index contributed by atoms with van der Waals surface area (Å²) in [5.41, 5.74) is 1.75. The third kappa shape index (κ3) is 3.03. The fraction of sp³-hybridized carbons (Fsp3) is 0.0556. The van der Waals surface area contributed by atoms with Gasteiger partial charge in [0.05, 0.1) is 6.33 Å². The summed E-state index contributed by atoms with van der Waals surface area (Å²) in [6, 6.07) is 15.1. The molecule has 0 aliphatic rings. The number of imidazole rings is 1. The first kappa shape index (κ1) is 16.9. The van der Waals surface area contributed by atoms with Crippen molar-refractivity contribution in [2.24, 2.45) is 0 Å². The summed E-state index contributed by atoms with van der Waals surface area (Å²) in [6.45, 7) is 0. The summed E-state index contributed by atoms with van der Waals surface area (Å²) in [5, 5.41) is 2.33. The Bertz CT molecular complexity index is 963. The molecule has 0 spiro atoms. The van der Waals surface area contributed by atoms with Crippen molar-refractivity contribution >= 4 is 46.6 Å². The molecule has 4 aromatic rings. The van der Waals surface area contributed by atoms with Crippen LogP contribution >= 0.6 is 35.6 Å². The number of hydrogen-bond acceptors (Lipinski definition) is 2. The number of hydrogen-bond donors (Lipinski definition) is 0. The zero-order chi connectivity index (χ0) is 15.8. The van der Waals surface area contributed by atoms with Gasteiger partial charge >= 0.3 is 0 Å². The van der Waals surface area contributed by atoms with Gasteiger partial charge in [-0.15, -0.1) is 12.4 Å². The normalized spacial score (nSPS) is 12.1. The molecule has 2 aromatic heterocycles. The molecule has 122 valence electrons. The first-order chi connectivity index (χ1) is 11.2. The molecular formula is C18H13Cl3N2O. The molecule has 0 amide bonds. The Kier molecular flexibility index (Phi) is 4.86. The summed E-state index contributed by atoms with van der Waals surface area (Å²) in [6.07, 6.45) is 5.39. The summed E-state index contributed by atoms with van der Waals surface area (Å²) < 4.78 is 8.03. The lowest BCUT2D eigenvalue weighted by Gasteiger charge is -2.17. The van der Waals surface area contributed by atoms with Crippen LogP contribution in [0.2, 0.25) is 10.0 Å². The lowest BCUT2D eigenvalue weighted by atomic mass is 10.0. The van der Waals surface area contributed by atoms with Crippen LogP contribution in [-0.4, -0.2) is 9.55 Å². The molecule has 0 N–H and O–H groups in total. The molecule has 3 nitrogen and oxygen atoms in total. The fourth-order valence-electron chi connectivity index (χ4n) is 2.75. The maximum absolute atomic E-state index is 6.41. The average Bonchev–Trinajstić information content (AvgIpc) is 3.19. The first-order valence-corrected chi connectivity index (χ1v) is 7.89. The Morgan fingerprint density at radius 3 is 2.62 bits per heavy atom. The van der Waals surface area contributed by atoms with E-state index in [2.05, 4.69) is 4.98 Å². The number of benzene rings is 2. The predicted molar refractivity (Wildman–Crippen MR) is 99.4 cm³/mol. The molecule has 0 aliphatic heterocycles. The summed E-state index contributed by atoms with van der Waals surface area (Å²) >= 11 is 12.5. The fourth-order valence-corrected chi connectivity index (χ4v) is 3.17. The Balaban J connectivity index is 0.00000169. The van der Waals surface area contributed by atoms with Crippen molar-refractivity contribution in [3.8, 4) is 0 Å². The molecule has 4 rings (SSSR count). The second kappa shape index (κ2) is 6.89. The summed E-state index contributed by atoms with van der Waals surface area (Å²) in [5.74, 6) is 0.786. The zero-order valence-corrected chi connectivity index (χ0v) is 14.7. The Hall–Kier alpha value is -1.94. The van der Waals surface area contributed by atoms with Gasteiger partial charge in [-0.05, 0) is 30.3 Å². The number of halogens is 3. The van der Waals surface area contributed by atoms with Crippen LogP contribution < -0.4 is 0 Å². The molecule has 1 atom stereocenters. The van der Waals surface area contributed by atoms with E-state index >= 15 is 0 Å². The summed E-state index contributed by atoms with van der Waals surface area (Å²) in [4.78, 5) is 4.15. The molecule has 0 bridgehead atoms. The minimum absolute atomic E-state index is 0. The van der Waals surface area contributed by atoms with Gasteiger partial charge in [-0.1, -0.05) is 41.4 Å². The number of furan rings is 1. The van der Waals surface area contributed by atoms with Crippen molar-refractivity contribution < 1.29 is 4.42 Å². The van der Waals surface area contributed by atoms with E-state index in [1.54, 1.807) is 12.5 Å². The molecule has 2 aromatic carbocycles. The van der Waals surface area contributed by atoms with Crippen LogP contribution in [0, 0.1) is 0 Å². The van der Waals surface area contributed by atoms with Gasteiger partial charge in [0.1, 0.15) is 17.4 Å². The van der Waals surface area contributed by atoms with Crippen LogP contribution in [0.25, 0.3) is 11.0 Å². The van der Waals surface area contributed by atoms with Crippen LogP contribution in [0.4, 0.5) is 0 Å². The van der Waals surface area contributed by atoms with Crippen LogP contribution in [0.15, 0.2) is 71.7 Å². The van der Waals surface area contributed by atoms with E-state index in [4.69, 9.17) is 27.6 Å². The standard InChI is InChI=1S/C18H12Cl2N2O.ClH/c19-13-5-6-16-12(9-13)10-17(23-16)18(22-8-7-21-11-22)14-3-1-2-4-15(14)20;/h1-11,18H;1H. The largest absolute Gasteiger partial charge is 0.458 e. The topological polar surface area (TPSA) is 31.0 Å². The van der Waals surface area contributed by atoms with E-state index in [1.807, 2.05) is 59.3 Å². The highest BCUT2D eigenvalue weighted by Gasteiger charge is 2.22. The van der Waals surface area contributed by atoms with Crippen LogP contribution in [0.1, 0.15) is 17.4 Å². The Morgan fingerprint density at radius 1 is 1.04 bits per heavy atom. The molecule has 24 heavy (non-hydrogen) atoms. The number of fused-ring (bicyclic) bond motifs is 1. The predicted octanol–water partition coefficient (Wildman–Crippen LogP) is 6.00. The van der Waals surface area contributed by atoms with E-state index in [9.17, 15) is 0 Å². The molecule has 0 saturated carbocycles. The van der Waals surface area contributed by atoms with E-state index < -0.39 is 0 Å². The highest BCUT2D eigenvalue weighted by atomic mass is 35.5. The van der Waals surface area contributed by atoms with Crippen molar-refractivity contribution in [2.75, 3.05) is 0 Å². The number of rotatable bonds is 3. The smallest absolute Gasteiger partial charge is 0.134 e. The van der Waals surface area contributed by atoms with Crippen molar-refractivity contribution in [2.45, 2.75) is 6.04 Å². The Labute approximate surface area is 155 Å². The zero-order valence-electron chi connectivity index (χ0n) is 12.4. The highest BCUT2D eigenvalue weighted by molar-refractivity contribution is 6.31. The molecule has 6 heteroatoms. The van der Waals surface area contributed by atoms with Crippen molar-refractivity contribution in [3.63, 3.8) is 0 Å². The van der Waals surface area contributed by atoms with E-state index in [1.165, 1.54) is 0 Å². The maximum atomic E-state index is 6.41. The molecule has 0 aliphatic carbocycles. The lowest BCUT2D eigenvalue weighted by molar-refractivity contribution is 0.488. The third-order valence-corrected chi connectivity index (χ3v) is 4.37. The number of nitrogens with zero attached hydrogens (tertiary/aromatic N) is 2. The second-order valence-corrected chi connectivity index (χ2v) is 6.11. The SMILES string of the molecule is Cl.Clc1ccc2oc(C(c3ccccc3Cl)n3ccnc3)cc2c1. The van der Waals surface area contributed by atoms with Gasteiger partial charge in [-0.3, -0.25) is 0 Å². The average molecular weight is 380 g/mol. The van der Waals surface area contributed by atoms with Gasteiger partial charge in [-0.25, -0.2) is 4.98 Å². The van der Waals surface area contributed by atoms with Crippen molar-refractivity contribution in [3.05, 3.63) is 88.6 Å². The quantitative estimate of drug-likeness (QED) is 0.437. The van der Waals surface area contributed by atoms with Crippen molar-refractivity contribution in [1.82, 2.24) is 9.55 Å². The molecule has 0 saturated heterocycles. The second-order valence-electron chi connectivity index (χ2n) is 5.26. The first-order valence-electron chi connectivity index (χ1n) is 7.13. The summed E-state index contributed by atoms with van der Waals surface area (Å²) in [7, 11) is 0. The molecule has 2 heterocycles. The van der Waals surface area contributed by atoms with Gasteiger partial charge in [0.25, 0.3) is 0 Å². The van der Waals surface area contributed by atoms with Crippen LogP contribution in [0.5, 0.6) is 0 Å². The van der Waals surface area contributed by atoms with Crippen molar-refractivity contribution in [1.29, 1.82) is 0 Å². The molecule has 1 unspecified atom stereocenters. The van der Waals surface area contributed by atoms with Gasteiger partial charge in [0.15, 0.2) is 0 Å². The van der Waals surface area contributed by atoms with E-state index in [-0.39, 0.29) is 18.4 Å². The maximum Gasteiger partial charge on any atom is 0.134 e. The molecule has 0 fully saturated rings. The highest BCUT2D eigenvalue weighted by Crippen LogP contribution is 2.35. The van der Waals surface area contributed by atoms with Gasteiger partial charge in [0, 0.05) is 33.4 Å². The lowest BCUT2D eigenvalue weighted by Crippen LogP contribution is -2.10. The van der Waals surface area contributed by atoms with Crippen LogP contribution in [0.3, 0.4) is 0 Å². The van der Waals surface area contributed by atoms with Crippen LogP contribution in [-0.2, 0) is 0 Å². The minimum Gasteiger partial charge on any atom is -0.458 e. The van der Waals surface area contributed by atoms with E-state index in [0.717, 1.165) is 22.3 Å². The Morgan fingerprint density at radius 2 is 1.88 bits per heavy atom. The minimum atomic E-state index is -0.183. The number of aromatic nitrogens is 2. The van der Waals surface area contributed by atoms with Gasteiger partial charge in [-0.2, -0.15) is 0 Å².